The van der Waals surface area contributed by atoms with Gasteiger partial charge in [-0.05, 0) is 49.3 Å². The zero-order chi connectivity index (χ0) is 19.7. The number of H-pyrrole nitrogens is 1. The molecule has 0 bridgehead atoms. The number of aryl methyl sites for hydroxylation is 1. The summed E-state index contributed by atoms with van der Waals surface area (Å²) in [5, 5.41) is 0.707. The van der Waals surface area contributed by atoms with Gasteiger partial charge in [0, 0.05) is 11.0 Å². The fraction of sp³-hybridized carbons (Fsp3) is 0.318. The van der Waals surface area contributed by atoms with Crippen molar-refractivity contribution >= 4 is 33.6 Å². The number of ether oxygens (including phenoxy) is 1. The third-order valence-corrected chi connectivity index (χ3v) is 6.22. The van der Waals surface area contributed by atoms with E-state index in [-0.39, 0.29) is 5.56 Å². The van der Waals surface area contributed by atoms with Crippen LogP contribution >= 0.6 is 11.3 Å². The molecule has 1 aliphatic rings. The molecule has 3 aromatic rings. The number of esters is 1. The summed E-state index contributed by atoms with van der Waals surface area (Å²) in [6.07, 6.45) is 5.47. The molecule has 28 heavy (non-hydrogen) atoms. The van der Waals surface area contributed by atoms with E-state index in [0.29, 0.717) is 17.1 Å². The van der Waals surface area contributed by atoms with E-state index in [0.717, 1.165) is 35.2 Å². The maximum atomic E-state index is 12.7. The number of benzene rings is 1. The molecule has 4 rings (SSSR count). The lowest BCUT2D eigenvalue weighted by atomic mass is 9.89. The summed E-state index contributed by atoms with van der Waals surface area (Å²) in [6.45, 7) is 3.95. The van der Waals surface area contributed by atoms with Gasteiger partial charge in [-0.15, -0.1) is 11.3 Å². The average molecular weight is 394 g/mol. The lowest BCUT2D eigenvalue weighted by Crippen LogP contribution is -2.17. The number of nitrogens with one attached hydrogen (secondary N) is 1. The molecule has 0 aliphatic heterocycles. The highest BCUT2D eigenvalue weighted by Crippen LogP contribution is 2.35. The second-order valence-electron chi connectivity index (χ2n) is 7.31. The van der Waals surface area contributed by atoms with Crippen LogP contribution in [0.1, 0.15) is 48.2 Å². The Morgan fingerprint density at radius 3 is 2.93 bits per heavy atom. The molecular formula is C22H22N2O3S. The smallest absolute Gasteiger partial charge is 0.331 e. The van der Waals surface area contributed by atoms with Crippen molar-refractivity contribution < 1.29 is 9.53 Å². The monoisotopic (exact) mass is 394 g/mol. The number of carbonyl (C=O) groups is 1. The molecule has 0 saturated heterocycles. The molecule has 1 N–H and O–H groups in total. The fourth-order valence-corrected chi connectivity index (χ4v) is 4.95. The van der Waals surface area contributed by atoms with Crippen molar-refractivity contribution in [3.05, 3.63) is 68.6 Å². The topological polar surface area (TPSA) is 72.0 Å². The van der Waals surface area contributed by atoms with Crippen LogP contribution in [-0.4, -0.2) is 15.9 Å². The van der Waals surface area contributed by atoms with E-state index in [9.17, 15) is 9.59 Å². The van der Waals surface area contributed by atoms with Gasteiger partial charge in [0.2, 0.25) is 0 Å². The number of aromatic nitrogens is 2. The Hall–Kier alpha value is -2.73. The molecule has 6 heteroatoms. The van der Waals surface area contributed by atoms with Crippen LogP contribution in [0.25, 0.3) is 16.3 Å². The van der Waals surface area contributed by atoms with Crippen LogP contribution in [-0.2, 0) is 22.4 Å². The molecule has 0 saturated carbocycles. The minimum atomic E-state index is -0.636. The van der Waals surface area contributed by atoms with Gasteiger partial charge in [-0.1, -0.05) is 37.3 Å². The van der Waals surface area contributed by atoms with E-state index in [2.05, 4.69) is 16.9 Å². The molecule has 2 atom stereocenters. The van der Waals surface area contributed by atoms with Crippen LogP contribution in [0.4, 0.5) is 0 Å². The standard InChI is InChI=1S/C22H22N2O3S/c1-13-8-10-16-17(12-13)28-22-19(16)21(26)23-20(24-22)14(2)27-18(25)11-9-15-6-4-3-5-7-15/h3-7,9,11,13-14H,8,10,12H2,1-2H3,(H,23,24,26)/b11-9+/t13-,14-/m0/s1. The minimum absolute atomic E-state index is 0.144. The Bertz CT molecular complexity index is 1100. The zero-order valence-corrected chi connectivity index (χ0v) is 16.7. The molecule has 5 nitrogen and oxygen atoms in total. The molecule has 0 unspecified atom stereocenters. The average Bonchev–Trinajstić information content (AvgIpc) is 3.05. The summed E-state index contributed by atoms with van der Waals surface area (Å²) >= 11 is 1.59. The summed E-state index contributed by atoms with van der Waals surface area (Å²) in [5.41, 5.74) is 1.92. The lowest BCUT2D eigenvalue weighted by molar-refractivity contribution is -0.142. The van der Waals surface area contributed by atoms with Gasteiger partial charge in [0.1, 0.15) is 4.83 Å². The van der Waals surface area contributed by atoms with E-state index in [1.54, 1.807) is 24.3 Å². The minimum Gasteiger partial charge on any atom is -0.451 e. The number of carbonyl (C=O) groups excluding carboxylic acids is 1. The van der Waals surface area contributed by atoms with Crippen LogP contribution < -0.4 is 5.56 Å². The predicted molar refractivity (Wildman–Crippen MR) is 111 cm³/mol. The molecule has 0 amide bonds. The lowest BCUT2D eigenvalue weighted by Gasteiger charge is -2.17. The van der Waals surface area contributed by atoms with Crippen molar-refractivity contribution in [2.45, 2.75) is 39.2 Å². The maximum absolute atomic E-state index is 12.7. The van der Waals surface area contributed by atoms with Crippen LogP contribution in [0.15, 0.2) is 41.2 Å². The second-order valence-corrected chi connectivity index (χ2v) is 8.39. The number of rotatable bonds is 4. The van der Waals surface area contributed by atoms with Crippen LogP contribution in [0.5, 0.6) is 0 Å². The quantitative estimate of drug-likeness (QED) is 0.525. The summed E-state index contributed by atoms with van der Waals surface area (Å²) in [5.74, 6) is 0.541. The normalized spacial score (nSPS) is 17.6. The largest absolute Gasteiger partial charge is 0.451 e. The maximum Gasteiger partial charge on any atom is 0.331 e. The Balaban J connectivity index is 1.54. The van der Waals surface area contributed by atoms with Gasteiger partial charge in [-0.2, -0.15) is 0 Å². The zero-order valence-electron chi connectivity index (χ0n) is 15.9. The fourth-order valence-electron chi connectivity index (χ4n) is 3.56. The van der Waals surface area contributed by atoms with Crippen LogP contribution in [0, 0.1) is 5.92 Å². The van der Waals surface area contributed by atoms with Gasteiger partial charge in [-0.25, -0.2) is 9.78 Å². The number of fused-ring (bicyclic) bond motifs is 3. The number of hydrogen-bond acceptors (Lipinski definition) is 5. The first kappa shape index (κ1) is 18.6. The van der Waals surface area contributed by atoms with E-state index in [1.165, 1.54) is 11.0 Å². The highest BCUT2D eigenvalue weighted by Gasteiger charge is 2.24. The molecular weight excluding hydrogens is 372 g/mol. The first-order valence-corrected chi connectivity index (χ1v) is 10.3. The molecule has 0 fully saturated rings. The van der Waals surface area contributed by atoms with Crippen molar-refractivity contribution in [3.63, 3.8) is 0 Å². The van der Waals surface area contributed by atoms with Gasteiger partial charge in [0.15, 0.2) is 11.9 Å². The van der Waals surface area contributed by atoms with Crippen molar-refractivity contribution in [2.24, 2.45) is 5.92 Å². The van der Waals surface area contributed by atoms with Gasteiger partial charge in [0.25, 0.3) is 5.56 Å². The van der Waals surface area contributed by atoms with Gasteiger partial charge in [-0.3, -0.25) is 4.79 Å². The molecule has 0 radical (unpaired) electrons. The van der Waals surface area contributed by atoms with Gasteiger partial charge >= 0.3 is 5.97 Å². The summed E-state index contributed by atoms with van der Waals surface area (Å²) < 4.78 is 5.43. The van der Waals surface area contributed by atoms with E-state index < -0.39 is 12.1 Å². The van der Waals surface area contributed by atoms with E-state index in [4.69, 9.17) is 4.74 Å². The van der Waals surface area contributed by atoms with Crippen LogP contribution in [0.2, 0.25) is 0 Å². The highest BCUT2D eigenvalue weighted by molar-refractivity contribution is 7.18. The molecule has 1 aromatic carbocycles. The summed E-state index contributed by atoms with van der Waals surface area (Å²) in [6, 6.07) is 9.52. The number of nitrogens with zero attached hydrogens (tertiary/aromatic N) is 1. The number of aromatic amines is 1. The van der Waals surface area contributed by atoms with Crippen molar-refractivity contribution in [3.8, 4) is 0 Å². The first-order valence-electron chi connectivity index (χ1n) is 9.49. The van der Waals surface area contributed by atoms with E-state index >= 15 is 0 Å². The summed E-state index contributed by atoms with van der Waals surface area (Å²) in [7, 11) is 0. The summed E-state index contributed by atoms with van der Waals surface area (Å²) in [4.78, 5) is 34.2. The number of thiophene rings is 1. The second kappa shape index (κ2) is 7.72. The predicted octanol–water partition coefficient (Wildman–Crippen LogP) is 4.43. The van der Waals surface area contributed by atoms with E-state index in [1.807, 2.05) is 30.3 Å². The molecule has 1 aliphatic carbocycles. The molecule has 2 aromatic heterocycles. The highest BCUT2D eigenvalue weighted by atomic mass is 32.1. The molecule has 0 spiro atoms. The molecule has 2 heterocycles. The first-order chi connectivity index (χ1) is 13.5. The Kier molecular flexibility index (Phi) is 5.13. The van der Waals surface area contributed by atoms with Crippen molar-refractivity contribution in [2.75, 3.05) is 0 Å². The Morgan fingerprint density at radius 1 is 1.36 bits per heavy atom. The SMILES string of the molecule is C[C@H]1CCc2c(sc3nc([C@H](C)OC(=O)/C=C/c4ccccc4)[nH]c(=O)c23)C1. The van der Waals surface area contributed by atoms with Gasteiger partial charge < -0.3 is 9.72 Å². The van der Waals surface area contributed by atoms with Crippen molar-refractivity contribution in [1.29, 1.82) is 0 Å². The number of hydrogen-bond donors (Lipinski definition) is 1. The molecule has 144 valence electrons. The van der Waals surface area contributed by atoms with Crippen LogP contribution in [0.3, 0.4) is 0 Å². The third kappa shape index (κ3) is 3.78. The van der Waals surface area contributed by atoms with Crippen molar-refractivity contribution in [1.82, 2.24) is 9.97 Å². The Labute approximate surface area is 167 Å². The van der Waals surface area contributed by atoms with Gasteiger partial charge in [0.05, 0.1) is 5.39 Å². The third-order valence-electron chi connectivity index (χ3n) is 5.07. The Morgan fingerprint density at radius 2 is 2.14 bits per heavy atom.